The minimum absolute atomic E-state index is 0.601. The normalized spacial score (nSPS) is 18.6. The molecule has 0 aliphatic carbocycles. The molecule has 1 unspecified atom stereocenters. The van der Waals surface area contributed by atoms with E-state index in [1.54, 1.807) is 0 Å². The maximum atomic E-state index is 5.55. The first-order valence-corrected chi connectivity index (χ1v) is 6.96. The molecule has 1 fully saturated rings. The van der Waals surface area contributed by atoms with Gasteiger partial charge in [-0.1, -0.05) is 12.1 Å². The van der Waals surface area contributed by atoms with Gasteiger partial charge in [-0.3, -0.25) is 4.90 Å². The SMILES string of the molecule is CCOc1cccc(CC(C)N2CCNCC2)c1. The van der Waals surface area contributed by atoms with E-state index in [9.17, 15) is 0 Å². The van der Waals surface area contributed by atoms with Crippen molar-refractivity contribution < 1.29 is 4.74 Å². The maximum absolute atomic E-state index is 5.55. The highest BCUT2D eigenvalue weighted by Crippen LogP contribution is 2.16. The van der Waals surface area contributed by atoms with Gasteiger partial charge in [0, 0.05) is 32.2 Å². The van der Waals surface area contributed by atoms with Crippen LogP contribution in [0.4, 0.5) is 0 Å². The zero-order valence-corrected chi connectivity index (χ0v) is 11.5. The lowest BCUT2D eigenvalue weighted by molar-refractivity contribution is 0.183. The largest absolute Gasteiger partial charge is 0.494 e. The van der Waals surface area contributed by atoms with E-state index in [1.807, 2.05) is 13.0 Å². The lowest BCUT2D eigenvalue weighted by Gasteiger charge is -2.32. The fourth-order valence-electron chi connectivity index (χ4n) is 2.52. The first kappa shape index (κ1) is 13.4. The summed E-state index contributed by atoms with van der Waals surface area (Å²) in [6.45, 7) is 9.62. The van der Waals surface area contributed by atoms with Crippen LogP contribution in [0.1, 0.15) is 19.4 Å². The average Bonchev–Trinajstić information content (AvgIpc) is 2.40. The van der Waals surface area contributed by atoms with Crippen molar-refractivity contribution in [2.45, 2.75) is 26.3 Å². The van der Waals surface area contributed by atoms with Crippen molar-refractivity contribution in [3.63, 3.8) is 0 Å². The lowest BCUT2D eigenvalue weighted by Crippen LogP contribution is -2.48. The molecular formula is C15H24N2O. The van der Waals surface area contributed by atoms with Crippen LogP contribution < -0.4 is 10.1 Å². The second-order valence-corrected chi connectivity index (χ2v) is 4.92. The second kappa shape index (κ2) is 6.76. The Morgan fingerprint density at radius 2 is 2.11 bits per heavy atom. The van der Waals surface area contributed by atoms with Gasteiger partial charge in [0.1, 0.15) is 5.75 Å². The van der Waals surface area contributed by atoms with Crippen molar-refractivity contribution in [1.29, 1.82) is 0 Å². The number of hydrogen-bond acceptors (Lipinski definition) is 3. The van der Waals surface area contributed by atoms with Gasteiger partial charge in [-0.05, 0) is 38.0 Å². The molecule has 100 valence electrons. The highest BCUT2D eigenvalue weighted by atomic mass is 16.5. The summed E-state index contributed by atoms with van der Waals surface area (Å²) in [6, 6.07) is 9.08. The molecule has 3 nitrogen and oxygen atoms in total. The Morgan fingerprint density at radius 1 is 1.33 bits per heavy atom. The molecule has 0 spiro atoms. The van der Waals surface area contributed by atoms with E-state index in [-0.39, 0.29) is 0 Å². The van der Waals surface area contributed by atoms with Crippen molar-refractivity contribution in [1.82, 2.24) is 10.2 Å². The first-order valence-electron chi connectivity index (χ1n) is 6.96. The summed E-state index contributed by atoms with van der Waals surface area (Å²) in [5, 5.41) is 3.40. The van der Waals surface area contributed by atoms with Gasteiger partial charge >= 0.3 is 0 Å². The molecule has 0 radical (unpaired) electrons. The first-order chi connectivity index (χ1) is 8.79. The van der Waals surface area contributed by atoms with E-state index in [2.05, 4.69) is 35.3 Å². The Hall–Kier alpha value is -1.06. The summed E-state index contributed by atoms with van der Waals surface area (Å²) in [4.78, 5) is 2.56. The van der Waals surface area contributed by atoms with E-state index in [4.69, 9.17) is 4.74 Å². The Bertz CT molecular complexity index is 361. The summed E-state index contributed by atoms with van der Waals surface area (Å²) in [7, 11) is 0. The summed E-state index contributed by atoms with van der Waals surface area (Å²) in [6.07, 6.45) is 1.10. The highest BCUT2D eigenvalue weighted by molar-refractivity contribution is 5.29. The molecule has 0 bridgehead atoms. The average molecular weight is 248 g/mol. The zero-order valence-electron chi connectivity index (χ0n) is 11.5. The quantitative estimate of drug-likeness (QED) is 0.861. The monoisotopic (exact) mass is 248 g/mol. The molecule has 0 aromatic heterocycles. The van der Waals surface area contributed by atoms with Crippen LogP contribution in [0.25, 0.3) is 0 Å². The zero-order chi connectivity index (χ0) is 12.8. The van der Waals surface area contributed by atoms with Gasteiger partial charge in [0.2, 0.25) is 0 Å². The fraction of sp³-hybridized carbons (Fsp3) is 0.600. The van der Waals surface area contributed by atoms with Crippen LogP contribution in [-0.4, -0.2) is 43.7 Å². The van der Waals surface area contributed by atoms with Crippen molar-refractivity contribution in [3.8, 4) is 5.75 Å². The van der Waals surface area contributed by atoms with Crippen LogP contribution in [0, 0.1) is 0 Å². The van der Waals surface area contributed by atoms with Gasteiger partial charge < -0.3 is 10.1 Å². The summed E-state index contributed by atoms with van der Waals surface area (Å²) in [5.74, 6) is 0.988. The Kier molecular flexibility index (Phi) is 5.02. The molecule has 1 N–H and O–H groups in total. The fourth-order valence-corrected chi connectivity index (χ4v) is 2.52. The number of benzene rings is 1. The van der Waals surface area contributed by atoms with Gasteiger partial charge in [-0.25, -0.2) is 0 Å². The van der Waals surface area contributed by atoms with Gasteiger partial charge in [-0.2, -0.15) is 0 Å². The van der Waals surface area contributed by atoms with Crippen LogP contribution in [-0.2, 0) is 6.42 Å². The minimum atomic E-state index is 0.601. The molecule has 1 aromatic rings. The highest BCUT2D eigenvalue weighted by Gasteiger charge is 2.16. The Balaban J connectivity index is 1.93. The number of nitrogens with zero attached hydrogens (tertiary/aromatic N) is 1. The third-order valence-electron chi connectivity index (χ3n) is 3.52. The molecule has 18 heavy (non-hydrogen) atoms. The molecule has 1 atom stereocenters. The van der Waals surface area contributed by atoms with Crippen LogP contribution in [0.15, 0.2) is 24.3 Å². The van der Waals surface area contributed by atoms with E-state index in [0.29, 0.717) is 6.04 Å². The lowest BCUT2D eigenvalue weighted by atomic mass is 10.1. The third kappa shape index (κ3) is 3.72. The predicted molar refractivity (Wildman–Crippen MR) is 75.2 cm³/mol. The van der Waals surface area contributed by atoms with E-state index in [0.717, 1.165) is 45.0 Å². The Morgan fingerprint density at radius 3 is 2.83 bits per heavy atom. The third-order valence-corrected chi connectivity index (χ3v) is 3.52. The molecule has 1 aliphatic rings. The summed E-state index contributed by atoms with van der Waals surface area (Å²) < 4.78 is 5.55. The summed E-state index contributed by atoms with van der Waals surface area (Å²) in [5.41, 5.74) is 1.37. The number of ether oxygens (including phenoxy) is 1. The van der Waals surface area contributed by atoms with E-state index in [1.165, 1.54) is 5.56 Å². The molecule has 1 aliphatic heterocycles. The molecule has 1 aromatic carbocycles. The van der Waals surface area contributed by atoms with Crippen LogP contribution in [0.5, 0.6) is 5.75 Å². The standard InChI is InChI=1S/C15H24N2O/c1-3-18-15-6-4-5-14(12-15)11-13(2)17-9-7-16-8-10-17/h4-6,12-13,16H,3,7-11H2,1-2H3. The minimum Gasteiger partial charge on any atom is -0.494 e. The smallest absolute Gasteiger partial charge is 0.119 e. The van der Waals surface area contributed by atoms with Crippen molar-refractivity contribution in [3.05, 3.63) is 29.8 Å². The van der Waals surface area contributed by atoms with Gasteiger partial charge in [0.25, 0.3) is 0 Å². The van der Waals surface area contributed by atoms with Crippen molar-refractivity contribution >= 4 is 0 Å². The number of hydrogen-bond donors (Lipinski definition) is 1. The molecule has 1 heterocycles. The number of nitrogens with one attached hydrogen (secondary N) is 1. The molecule has 2 rings (SSSR count). The molecule has 1 saturated heterocycles. The van der Waals surface area contributed by atoms with Crippen LogP contribution in [0.2, 0.25) is 0 Å². The van der Waals surface area contributed by atoms with Gasteiger partial charge in [-0.15, -0.1) is 0 Å². The second-order valence-electron chi connectivity index (χ2n) is 4.92. The van der Waals surface area contributed by atoms with Gasteiger partial charge in [0.05, 0.1) is 6.61 Å². The predicted octanol–water partition coefficient (Wildman–Crippen LogP) is 1.92. The van der Waals surface area contributed by atoms with E-state index < -0.39 is 0 Å². The maximum Gasteiger partial charge on any atom is 0.119 e. The molecular weight excluding hydrogens is 224 g/mol. The van der Waals surface area contributed by atoms with E-state index >= 15 is 0 Å². The van der Waals surface area contributed by atoms with Crippen molar-refractivity contribution in [2.75, 3.05) is 32.8 Å². The molecule has 0 saturated carbocycles. The van der Waals surface area contributed by atoms with Crippen LogP contribution in [0.3, 0.4) is 0 Å². The number of rotatable bonds is 5. The topological polar surface area (TPSA) is 24.5 Å². The van der Waals surface area contributed by atoms with Crippen LogP contribution >= 0.6 is 0 Å². The number of piperazine rings is 1. The Labute approximate surface area is 110 Å². The molecule has 0 amide bonds. The van der Waals surface area contributed by atoms with Gasteiger partial charge in [0.15, 0.2) is 0 Å². The van der Waals surface area contributed by atoms with Crippen molar-refractivity contribution in [2.24, 2.45) is 0 Å². The molecule has 3 heteroatoms. The summed E-state index contributed by atoms with van der Waals surface area (Å²) >= 11 is 0.